The Labute approximate surface area is 219 Å². The summed E-state index contributed by atoms with van der Waals surface area (Å²) in [7, 11) is 2.23. The fraction of sp³-hybridized carbons (Fsp3) is 0.355. The van der Waals surface area contributed by atoms with E-state index in [-0.39, 0.29) is 6.17 Å². The SMILES string of the molecule is CCN(C)CC1CCC(C2NC(c3ccc4ccc(-c5ccccc5)nc4c3)=C3C(N)=NC=CN32)CC1. The summed E-state index contributed by atoms with van der Waals surface area (Å²) in [5.74, 6) is 1.93. The highest BCUT2D eigenvalue weighted by Gasteiger charge is 2.39. The van der Waals surface area contributed by atoms with Crippen LogP contribution in [0.15, 0.2) is 83.8 Å². The van der Waals surface area contributed by atoms with Crippen molar-refractivity contribution in [1.29, 1.82) is 0 Å². The zero-order valence-corrected chi connectivity index (χ0v) is 21.8. The van der Waals surface area contributed by atoms with Crippen molar-refractivity contribution < 1.29 is 0 Å². The maximum Gasteiger partial charge on any atom is 0.149 e. The van der Waals surface area contributed by atoms with Gasteiger partial charge in [-0.25, -0.2) is 9.98 Å². The van der Waals surface area contributed by atoms with Crippen LogP contribution in [0.5, 0.6) is 0 Å². The molecule has 3 aromatic rings. The van der Waals surface area contributed by atoms with Gasteiger partial charge in [-0.2, -0.15) is 0 Å². The molecule has 0 radical (unpaired) electrons. The first-order valence-corrected chi connectivity index (χ1v) is 13.6. The topological polar surface area (TPSA) is 69.8 Å². The summed E-state index contributed by atoms with van der Waals surface area (Å²) >= 11 is 0. The quantitative estimate of drug-likeness (QED) is 0.482. The van der Waals surface area contributed by atoms with Gasteiger partial charge in [0.05, 0.1) is 16.9 Å². The van der Waals surface area contributed by atoms with Crippen molar-refractivity contribution in [3.63, 3.8) is 0 Å². The number of benzene rings is 2. The monoisotopic (exact) mass is 492 g/mol. The van der Waals surface area contributed by atoms with Gasteiger partial charge in [0.1, 0.15) is 17.7 Å². The van der Waals surface area contributed by atoms with Crippen LogP contribution >= 0.6 is 0 Å². The Morgan fingerprint density at radius 3 is 2.57 bits per heavy atom. The van der Waals surface area contributed by atoms with E-state index >= 15 is 0 Å². The zero-order chi connectivity index (χ0) is 25.4. The third kappa shape index (κ3) is 4.62. The lowest BCUT2D eigenvalue weighted by Gasteiger charge is -2.38. The van der Waals surface area contributed by atoms with E-state index in [1.807, 2.05) is 12.3 Å². The molecule has 0 spiro atoms. The molecule has 3 heterocycles. The van der Waals surface area contributed by atoms with E-state index in [0.29, 0.717) is 11.8 Å². The van der Waals surface area contributed by atoms with Crippen LogP contribution in [0.3, 0.4) is 0 Å². The lowest BCUT2D eigenvalue weighted by molar-refractivity contribution is 0.149. The Bertz CT molecular complexity index is 1370. The van der Waals surface area contributed by atoms with Crippen LogP contribution in [0.4, 0.5) is 0 Å². The highest BCUT2D eigenvalue weighted by molar-refractivity contribution is 6.05. The third-order valence-corrected chi connectivity index (χ3v) is 8.27. The predicted molar refractivity (Wildman–Crippen MR) is 152 cm³/mol. The van der Waals surface area contributed by atoms with Crippen molar-refractivity contribution in [3.05, 3.63) is 84.3 Å². The maximum absolute atomic E-state index is 6.48. The molecule has 0 bridgehead atoms. The number of amidine groups is 1. The second-order valence-electron chi connectivity index (χ2n) is 10.6. The molecular formula is C31H36N6. The first kappa shape index (κ1) is 23.7. The lowest BCUT2D eigenvalue weighted by atomic mass is 9.80. The summed E-state index contributed by atoms with van der Waals surface area (Å²) in [4.78, 5) is 14.2. The molecule has 2 aromatic carbocycles. The summed E-state index contributed by atoms with van der Waals surface area (Å²) in [6.45, 7) is 4.56. The minimum absolute atomic E-state index is 0.194. The minimum atomic E-state index is 0.194. The van der Waals surface area contributed by atoms with Crippen LogP contribution in [-0.2, 0) is 0 Å². The zero-order valence-electron chi connectivity index (χ0n) is 21.8. The molecule has 190 valence electrons. The van der Waals surface area contributed by atoms with Crippen molar-refractivity contribution in [2.45, 2.75) is 38.8 Å². The summed E-state index contributed by atoms with van der Waals surface area (Å²) in [5, 5.41) is 5.01. The van der Waals surface area contributed by atoms with Gasteiger partial charge in [0, 0.05) is 35.5 Å². The maximum atomic E-state index is 6.48. The lowest BCUT2D eigenvalue weighted by Crippen LogP contribution is -2.44. The summed E-state index contributed by atoms with van der Waals surface area (Å²) in [6.07, 6.45) is 9.11. The van der Waals surface area contributed by atoms with Gasteiger partial charge in [-0.15, -0.1) is 0 Å². The molecule has 2 aliphatic heterocycles. The van der Waals surface area contributed by atoms with Crippen LogP contribution in [0, 0.1) is 11.8 Å². The Morgan fingerprint density at radius 1 is 1.00 bits per heavy atom. The van der Waals surface area contributed by atoms with E-state index in [9.17, 15) is 0 Å². The number of hydrogen-bond donors (Lipinski definition) is 2. The number of nitrogens with two attached hydrogens (primary N) is 1. The third-order valence-electron chi connectivity index (χ3n) is 8.27. The highest BCUT2D eigenvalue weighted by atomic mass is 15.3. The van der Waals surface area contributed by atoms with Crippen LogP contribution in [0.25, 0.3) is 27.9 Å². The number of rotatable bonds is 6. The number of aromatic nitrogens is 1. The number of fused-ring (bicyclic) bond motifs is 2. The first-order valence-electron chi connectivity index (χ1n) is 13.6. The standard InChI is InChI=1S/C31H36N6/c1-3-36(2)20-21-9-11-24(12-10-21)31-35-28(29-30(32)33-17-18-37(29)31)25-14-13-23-15-16-26(34-27(23)19-25)22-7-5-4-6-8-22/h4-8,13-19,21,24,31,35H,3,9-12,20H2,1-2H3,(H2,32,33). The van der Waals surface area contributed by atoms with E-state index in [1.54, 1.807) is 0 Å². The summed E-state index contributed by atoms with van der Waals surface area (Å²) in [6, 6.07) is 21.1. The van der Waals surface area contributed by atoms with E-state index in [4.69, 9.17) is 10.7 Å². The molecule has 37 heavy (non-hydrogen) atoms. The number of hydrogen-bond acceptors (Lipinski definition) is 6. The number of nitrogens with one attached hydrogen (secondary N) is 1. The molecule has 6 heteroatoms. The minimum Gasteiger partial charge on any atom is -0.382 e. The van der Waals surface area contributed by atoms with Crippen molar-refractivity contribution in [1.82, 2.24) is 20.1 Å². The largest absolute Gasteiger partial charge is 0.382 e. The van der Waals surface area contributed by atoms with Crippen LogP contribution in [-0.4, -0.2) is 46.9 Å². The molecule has 1 saturated carbocycles. The van der Waals surface area contributed by atoms with Gasteiger partial charge < -0.3 is 20.9 Å². The van der Waals surface area contributed by atoms with Crippen molar-refractivity contribution in [3.8, 4) is 11.3 Å². The summed E-state index contributed by atoms with van der Waals surface area (Å²) < 4.78 is 0. The molecule has 1 unspecified atom stereocenters. The van der Waals surface area contributed by atoms with Gasteiger partial charge in [-0.05, 0) is 63.2 Å². The van der Waals surface area contributed by atoms with Crippen LogP contribution in [0.2, 0.25) is 0 Å². The average Bonchev–Trinajstić information content (AvgIpc) is 3.34. The van der Waals surface area contributed by atoms with Gasteiger partial charge in [0.2, 0.25) is 0 Å². The fourth-order valence-electron chi connectivity index (χ4n) is 6.09. The number of pyridine rings is 1. The average molecular weight is 493 g/mol. The normalized spacial score (nSPS) is 23.4. The molecule has 6 rings (SSSR count). The smallest absolute Gasteiger partial charge is 0.149 e. The summed E-state index contributed by atoms with van der Waals surface area (Å²) in [5.41, 5.74) is 12.7. The predicted octanol–water partition coefficient (Wildman–Crippen LogP) is 5.40. The van der Waals surface area contributed by atoms with E-state index in [0.717, 1.165) is 51.6 Å². The Morgan fingerprint density at radius 2 is 1.78 bits per heavy atom. The van der Waals surface area contributed by atoms with Crippen molar-refractivity contribution >= 4 is 22.4 Å². The van der Waals surface area contributed by atoms with Gasteiger partial charge in [-0.1, -0.05) is 55.5 Å². The number of nitrogens with zero attached hydrogens (tertiary/aromatic N) is 4. The molecule has 6 nitrogen and oxygen atoms in total. The second kappa shape index (κ2) is 10.0. The van der Waals surface area contributed by atoms with Gasteiger partial charge in [0.15, 0.2) is 0 Å². The molecular weight excluding hydrogens is 456 g/mol. The fourth-order valence-corrected chi connectivity index (χ4v) is 6.09. The van der Waals surface area contributed by atoms with Crippen LogP contribution in [0.1, 0.15) is 38.2 Å². The van der Waals surface area contributed by atoms with Gasteiger partial charge >= 0.3 is 0 Å². The highest BCUT2D eigenvalue weighted by Crippen LogP contribution is 2.39. The van der Waals surface area contributed by atoms with Gasteiger partial charge in [0.25, 0.3) is 0 Å². The molecule has 0 amide bonds. The van der Waals surface area contributed by atoms with Crippen molar-refractivity contribution in [2.24, 2.45) is 22.6 Å². The Kier molecular flexibility index (Phi) is 6.43. The Hall–Kier alpha value is -3.64. The van der Waals surface area contributed by atoms with E-state index < -0.39 is 0 Å². The molecule has 0 saturated heterocycles. The Balaban J connectivity index is 1.29. The van der Waals surface area contributed by atoms with E-state index in [2.05, 4.69) is 94.9 Å². The second-order valence-corrected chi connectivity index (χ2v) is 10.6. The van der Waals surface area contributed by atoms with Crippen molar-refractivity contribution in [2.75, 3.05) is 20.1 Å². The van der Waals surface area contributed by atoms with Gasteiger partial charge in [-0.3, -0.25) is 0 Å². The van der Waals surface area contributed by atoms with E-state index in [1.165, 1.54) is 32.2 Å². The molecule has 1 aromatic heterocycles. The molecule has 1 fully saturated rings. The molecule has 3 aliphatic rings. The molecule has 1 atom stereocenters. The molecule has 3 N–H and O–H groups in total. The van der Waals surface area contributed by atoms with Crippen LogP contribution < -0.4 is 11.1 Å². The first-order chi connectivity index (χ1) is 18.1. The molecule has 1 aliphatic carbocycles. The number of aliphatic imine (C=N–C) groups is 1.